The first kappa shape index (κ1) is 14.8. The van der Waals surface area contributed by atoms with E-state index in [9.17, 15) is 17.6 Å². The molecule has 0 fully saturated rings. The zero-order chi connectivity index (χ0) is 15.6. The lowest BCUT2D eigenvalue weighted by Crippen LogP contribution is -2.11. The number of nitrogens with one attached hydrogen (secondary N) is 1. The van der Waals surface area contributed by atoms with Gasteiger partial charge in [0.05, 0.1) is 5.56 Å². The Morgan fingerprint density at radius 2 is 1.81 bits per heavy atom. The number of halogens is 4. The molecular weight excluding hydrogens is 288 g/mol. The van der Waals surface area contributed by atoms with Gasteiger partial charge in [-0.15, -0.1) is 0 Å². The molecule has 2 aromatic rings. The molecule has 0 heterocycles. The van der Waals surface area contributed by atoms with Crippen LogP contribution in [-0.4, -0.2) is 5.84 Å². The number of alkyl halides is 3. The zero-order valence-electron chi connectivity index (χ0n) is 10.5. The van der Waals surface area contributed by atoms with Crippen LogP contribution in [0.5, 0.6) is 11.5 Å². The second-order valence-corrected chi connectivity index (χ2v) is 4.19. The Bertz CT molecular complexity index is 683. The standard InChI is InChI=1S/C14H10F4N2O/c15-11-6-8(13(19)20)4-5-12(11)21-10-3-1-2-9(7-10)14(16,17)18/h1-7H,(H3,19,20). The molecule has 3 N–H and O–H groups in total. The Balaban J connectivity index is 2.28. The molecule has 0 spiro atoms. The van der Waals surface area contributed by atoms with Gasteiger partial charge in [-0.2, -0.15) is 13.2 Å². The fourth-order valence-corrected chi connectivity index (χ4v) is 1.61. The Morgan fingerprint density at radius 1 is 1.10 bits per heavy atom. The van der Waals surface area contributed by atoms with Crippen molar-refractivity contribution in [2.75, 3.05) is 0 Å². The normalized spacial score (nSPS) is 11.2. The van der Waals surface area contributed by atoms with Gasteiger partial charge >= 0.3 is 6.18 Å². The van der Waals surface area contributed by atoms with E-state index < -0.39 is 17.6 Å². The summed E-state index contributed by atoms with van der Waals surface area (Å²) in [4.78, 5) is 0. The predicted molar refractivity (Wildman–Crippen MR) is 68.9 cm³/mol. The highest BCUT2D eigenvalue weighted by Gasteiger charge is 2.30. The maximum Gasteiger partial charge on any atom is 0.416 e. The zero-order valence-corrected chi connectivity index (χ0v) is 10.5. The molecule has 0 saturated carbocycles. The van der Waals surface area contributed by atoms with Crippen LogP contribution in [0.3, 0.4) is 0 Å². The van der Waals surface area contributed by atoms with Gasteiger partial charge in [0, 0.05) is 5.56 Å². The van der Waals surface area contributed by atoms with E-state index in [1.165, 1.54) is 24.3 Å². The molecule has 0 amide bonds. The highest BCUT2D eigenvalue weighted by Crippen LogP contribution is 2.33. The number of nitrogens with two attached hydrogens (primary N) is 1. The van der Waals surface area contributed by atoms with Crippen molar-refractivity contribution in [2.45, 2.75) is 6.18 Å². The lowest BCUT2D eigenvalue weighted by atomic mass is 10.2. The van der Waals surface area contributed by atoms with Crippen LogP contribution < -0.4 is 10.5 Å². The fourth-order valence-electron chi connectivity index (χ4n) is 1.61. The van der Waals surface area contributed by atoms with Gasteiger partial charge in [-0.05, 0) is 36.4 Å². The summed E-state index contributed by atoms with van der Waals surface area (Å²) in [6, 6.07) is 7.64. The van der Waals surface area contributed by atoms with Gasteiger partial charge in [0.1, 0.15) is 11.6 Å². The molecule has 0 radical (unpaired) electrons. The topological polar surface area (TPSA) is 59.1 Å². The second-order valence-electron chi connectivity index (χ2n) is 4.19. The Morgan fingerprint density at radius 3 is 2.38 bits per heavy atom. The third-order valence-electron chi connectivity index (χ3n) is 2.63. The molecule has 7 heteroatoms. The van der Waals surface area contributed by atoms with Gasteiger partial charge in [0.2, 0.25) is 0 Å². The fraction of sp³-hybridized carbons (Fsp3) is 0.0714. The molecule has 2 rings (SSSR count). The number of benzene rings is 2. The van der Waals surface area contributed by atoms with E-state index in [0.29, 0.717) is 0 Å². The molecule has 0 aromatic heterocycles. The summed E-state index contributed by atoms with van der Waals surface area (Å²) in [5, 5.41) is 7.17. The molecule has 3 nitrogen and oxygen atoms in total. The molecule has 0 atom stereocenters. The van der Waals surface area contributed by atoms with Crippen molar-refractivity contribution in [2.24, 2.45) is 5.73 Å². The number of amidine groups is 1. The largest absolute Gasteiger partial charge is 0.454 e. The molecule has 2 aromatic carbocycles. The summed E-state index contributed by atoms with van der Waals surface area (Å²) in [6.07, 6.45) is -4.50. The predicted octanol–water partition coefficient (Wildman–Crippen LogP) is 3.92. The van der Waals surface area contributed by atoms with Crippen molar-refractivity contribution in [3.05, 3.63) is 59.4 Å². The smallest absolute Gasteiger partial charge is 0.416 e. The van der Waals surface area contributed by atoms with E-state index >= 15 is 0 Å². The average Bonchev–Trinajstić information content (AvgIpc) is 2.40. The van der Waals surface area contributed by atoms with Crippen LogP contribution in [0.1, 0.15) is 11.1 Å². The molecule has 0 aliphatic rings. The number of ether oxygens (including phenoxy) is 1. The molecule has 0 unspecified atom stereocenters. The first-order chi connectivity index (χ1) is 9.77. The van der Waals surface area contributed by atoms with E-state index in [1.807, 2.05) is 0 Å². The first-order valence-electron chi connectivity index (χ1n) is 5.76. The van der Waals surface area contributed by atoms with Gasteiger partial charge in [0.25, 0.3) is 0 Å². The Labute approximate surface area is 117 Å². The van der Waals surface area contributed by atoms with E-state index in [4.69, 9.17) is 15.9 Å². The summed E-state index contributed by atoms with van der Waals surface area (Å²) < 4.78 is 56.5. The summed E-state index contributed by atoms with van der Waals surface area (Å²) in [5.74, 6) is -1.53. The maximum atomic E-state index is 13.7. The first-order valence-corrected chi connectivity index (χ1v) is 5.76. The van der Waals surface area contributed by atoms with E-state index in [1.54, 1.807) is 0 Å². The van der Waals surface area contributed by atoms with Crippen molar-refractivity contribution in [3.63, 3.8) is 0 Å². The number of hydrogen-bond acceptors (Lipinski definition) is 2. The highest BCUT2D eigenvalue weighted by molar-refractivity contribution is 5.95. The van der Waals surface area contributed by atoms with Crippen molar-refractivity contribution < 1.29 is 22.3 Å². The van der Waals surface area contributed by atoms with Crippen molar-refractivity contribution in [1.82, 2.24) is 0 Å². The molecule has 0 aliphatic carbocycles. The third-order valence-corrected chi connectivity index (χ3v) is 2.63. The van der Waals surface area contributed by atoms with Gasteiger partial charge in [-0.3, -0.25) is 5.41 Å². The van der Waals surface area contributed by atoms with Crippen LogP contribution in [0.25, 0.3) is 0 Å². The van der Waals surface area contributed by atoms with Crippen LogP contribution in [-0.2, 0) is 6.18 Å². The number of rotatable bonds is 3. The van der Waals surface area contributed by atoms with E-state index in [-0.39, 0.29) is 22.9 Å². The number of hydrogen-bond donors (Lipinski definition) is 2. The van der Waals surface area contributed by atoms with Crippen LogP contribution in [0.2, 0.25) is 0 Å². The van der Waals surface area contributed by atoms with Crippen molar-refractivity contribution in [3.8, 4) is 11.5 Å². The molecule has 21 heavy (non-hydrogen) atoms. The maximum absolute atomic E-state index is 13.7. The molecule has 0 aliphatic heterocycles. The van der Waals surface area contributed by atoms with Gasteiger partial charge < -0.3 is 10.5 Å². The average molecular weight is 298 g/mol. The molecule has 110 valence electrons. The number of nitrogen functional groups attached to an aromatic ring is 1. The van der Waals surface area contributed by atoms with Crippen molar-refractivity contribution in [1.29, 1.82) is 5.41 Å². The second kappa shape index (κ2) is 5.43. The lowest BCUT2D eigenvalue weighted by molar-refractivity contribution is -0.137. The summed E-state index contributed by atoms with van der Waals surface area (Å²) >= 11 is 0. The van der Waals surface area contributed by atoms with Crippen molar-refractivity contribution >= 4 is 5.84 Å². The van der Waals surface area contributed by atoms with E-state index in [2.05, 4.69) is 0 Å². The van der Waals surface area contributed by atoms with E-state index in [0.717, 1.165) is 18.2 Å². The summed E-state index contributed by atoms with van der Waals surface area (Å²) in [7, 11) is 0. The minimum Gasteiger partial charge on any atom is -0.454 e. The summed E-state index contributed by atoms with van der Waals surface area (Å²) in [6.45, 7) is 0. The van der Waals surface area contributed by atoms with Gasteiger partial charge in [-0.25, -0.2) is 4.39 Å². The summed E-state index contributed by atoms with van der Waals surface area (Å²) in [5.41, 5.74) is 4.47. The monoisotopic (exact) mass is 298 g/mol. The van der Waals surface area contributed by atoms with Crippen LogP contribution in [0, 0.1) is 11.2 Å². The van der Waals surface area contributed by atoms with Crippen LogP contribution in [0.15, 0.2) is 42.5 Å². The SMILES string of the molecule is N=C(N)c1ccc(Oc2cccc(C(F)(F)F)c2)c(F)c1. The van der Waals surface area contributed by atoms with Gasteiger partial charge in [-0.1, -0.05) is 6.07 Å². The molecular formula is C14H10F4N2O. The minimum absolute atomic E-state index is 0.140. The van der Waals surface area contributed by atoms with Gasteiger partial charge in [0.15, 0.2) is 11.6 Å². The lowest BCUT2D eigenvalue weighted by Gasteiger charge is -2.11. The van der Waals surface area contributed by atoms with Crippen LogP contribution in [0.4, 0.5) is 17.6 Å². The quantitative estimate of drug-likeness (QED) is 0.512. The van der Waals surface area contributed by atoms with Crippen LogP contribution >= 0.6 is 0 Å². The minimum atomic E-state index is -4.50. The molecule has 0 saturated heterocycles. The highest BCUT2D eigenvalue weighted by atomic mass is 19.4. The third kappa shape index (κ3) is 3.50. The Kier molecular flexibility index (Phi) is 3.84. The Hall–Kier alpha value is -2.57. The molecule has 0 bridgehead atoms.